The van der Waals surface area contributed by atoms with E-state index >= 15 is 0 Å². The van der Waals surface area contributed by atoms with Crippen LogP contribution in [-0.2, 0) is 16.0 Å². The van der Waals surface area contributed by atoms with Crippen LogP contribution in [0.4, 0.5) is 4.39 Å². The average molecular weight is 275 g/mol. The Hall–Kier alpha value is -2.10. The molecule has 0 bridgehead atoms. The number of carbonyl (C=O) groups is 1. The highest BCUT2D eigenvalue weighted by Crippen LogP contribution is 2.25. The fraction of sp³-hybridized carbons (Fsp3) is 0.312. The number of amides is 1. The molecule has 1 heterocycles. The molecule has 0 saturated carbocycles. The molecule has 0 saturated heterocycles. The SMILES string of the molecule is C=CCc1cc(C2=CCC[C@@H](C(N)=O)CO2)ccc1F. The summed E-state index contributed by atoms with van der Waals surface area (Å²) in [7, 11) is 0. The number of ether oxygens (including phenoxy) is 1. The van der Waals surface area contributed by atoms with Crippen molar-refractivity contribution >= 4 is 11.7 Å². The van der Waals surface area contributed by atoms with Crippen molar-refractivity contribution in [2.75, 3.05) is 6.61 Å². The van der Waals surface area contributed by atoms with Gasteiger partial charge in [-0.3, -0.25) is 4.79 Å². The van der Waals surface area contributed by atoms with Crippen LogP contribution in [0.2, 0.25) is 0 Å². The van der Waals surface area contributed by atoms with E-state index in [0.29, 0.717) is 24.2 Å². The molecule has 20 heavy (non-hydrogen) atoms. The quantitative estimate of drug-likeness (QED) is 0.859. The lowest BCUT2D eigenvalue weighted by atomic mass is 10.0. The van der Waals surface area contributed by atoms with Crippen LogP contribution >= 0.6 is 0 Å². The van der Waals surface area contributed by atoms with Crippen LogP contribution < -0.4 is 5.73 Å². The van der Waals surface area contributed by atoms with Gasteiger partial charge in [-0.2, -0.15) is 0 Å². The van der Waals surface area contributed by atoms with Gasteiger partial charge in [-0.15, -0.1) is 6.58 Å². The van der Waals surface area contributed by atoms with Crippen molar-refractivity contribution < 1.29 is 13.9 Å². The van der Waals surface area contributed by atoms with Crippen molar-refractivity contribution in [3.63, 3.8) is 0 Å². The van der Waals surface area contributed by atoms with Crippen LogP contribution in [0.1, 0.15) is 24.0 Å². The van der Waals surface area contributed by atoms with Gasteiger partial charge in [0.15, 0.2) is 0 Å². The van der Waals surface area contributed by atoms with Crippen LogP contribution in [-0.4, -0.2) is 12.5 Å². The molecule has 0 fully saturated rings. The second kappa shape index (κ2) is 6.37. The topological polar surface area (TPSA) is 52.3 Å². The zero-order valence-electron chi connectivity index (χ0n) is 11.3. The molecule has 1 amide bonds. The minimum atomic E-state index is -0.342. The molecular weight excluding hydrogens is 257 g/mol. The lowest BCUT2D eigenvalue weighted by Crippen LogP contribution is -2.26. The molecule has 0 aliphatic carbocycles. The first-order chi connectivity index (χ1) is 9.61. The lowest BCUT2D eigenvalue weighted by molar-refractivity contribution is -0.123. The van der Waals surface area contributed by atoms with Crippen molar-refractivity contribution in [2.45, 2.75) is 19.3 Å². The van der Waals surface area contributed by atoms with E-state index in [9.17, 15) is 9.18 Å². The molecule has 0 unspecified atom stereocenters. The molecule has 1 aliphatic heterocycles. The summed E-state index contributed by atoms with van der Waals surface area (Å²) >= 11 is 0. The van der Waals surface area contributed by atoms with Crippen molar-refractivity contribution in [3.8, 4) is 0 Å². The Bertz CT molecular complexity index is 551. The van der Waals surface area contributed by atoms with E-state index in [1.54, 1.807) is 18.2 Å². The zero-order valence-corrected chi connectivity index (χ0v) is 11.3. The molecule has 1 atom stereocenters. The highest BCUT2D eigenvalue weighted by Gasteiger charge is 2.20. The number of halogens is 1. The van der Waals surface area contributed by atoms with Gasteiger partial charge in [0, 0.05) is 5.56 Å². The number of carbonyl (C=O) groups excluding carboxylic acids is 1. The monoisotopic (exact) mass is 275 g/mol. The highest BCUT2D eigenvalue weighted by atomic mass is 19.1. The van der Waals surface area contributed by atoms with Crippen molar-refractivity contribution in [1.29, 1.82) is 0 Å². The van der Waals surface area contributed by atoms with Gasteiger partial charge in [0.25, 0.3) is 0 Å². The lowest BCUT2D eigenvalue weighted by Gasteiger charge is -2.13. The summed E-state index contributed by atoms with van der Waals surface area (Å²) in [4.78, 5) is 11.2. The van der Waals surface area contributed by atoms with Crippen LogP contribution in [0.15, 0.2) is 36.9 Å². The van der Waals surface area contributed by atoms with Crippen LogP contribution in [0.25, 0.3) is 5.76 Å². The van der Waals surface area contributed by atoms with E-state index in [1.165, 1.54) is 6.07 Å². The van der Waals surface area contributed by atoms with E-state index in [4.69, 9.17) is 10.5 Å². The Balaban J connectivity index is 2.19. The molecule has 0 aromatic heterocycles. The molecule has 1 aliphatic rings. The van der Waals surface area contributed by atoms with Gasteiger partial charge in [-0.05, 0) is 49.1 Å². The largest absolute Gasteiger partial charge is 0.492 e. The number of benzene rings is 1. The molecule has 4 heteroatoms. The van der Waals surface area contributed by atoms with Gasteiger partial charge in [0.1, 0.15) is 11.6 Å². The smallest absolute Gasteiger partial charge is 0.223 e. The summed E-state index contributed by atoms with van der Waals surface area (Å²) in [6.45, 7) is 3.89. The van der Waals surface area contributed by atoms with E-state index in [1.807, 2.05) is 6.08 Å². The normalized spacial score (nSPS) is 18.6. The van der Waals surface area contributed by atoms with Gasteiger partial charge in [0.2, 0.25) is 5.91 Å². The van der Waals surface area contributed by atoms with Gasteiger partial charge >= 0.3 is 0 Å². The number of primary amides is 1. The van der Waals surface area contributed by atoms with Crippen LogP contribution in [0.5, 0.6) is 0 Å². The standard InChI is InChI=1S/C16H18FNO2/c1-2-4-11-9-12(7-8-14(11)17)15-6-3-5-13(10-20-15)16(18)19/h2,6-9,13H,1,3-5,10H2,(H2,18,19)/t13-/m1/s1. The summed E-state index contributed by atoms with van der Waals surface area (Å²) < 4.78 is 19.3. The van der Waals surface area contributed by atoms with Crippen molar-refractivity contribution in [3.05, 3.63) is 53.9 Å². The van der Waals surface area contributed by atoms with Gasteiger partial charge < -0.3 is 10.5 Å². The minimum Gasteiger partial charge on any atom is -0.492 e. The molecule has 0 radical (unpaired) electrons. The number of hydrogen-bond donors (Lipinski definition) is 1. The summed E-state index contributed by atoms with van der Waals surface area (Å²) in [6.07, 6.45) is 5.45. The number of hydrogen-bond acceptors (Lipinski definition) is 2. The Kier molecular flexibility index (Phi) is 4.56. The maximum absolute atomic E-state index is 13.6. The molecule has 2 rings (SSSR count). The fourth-order valence-corrected chi connectivity index (χ4v) is 2.21. The second-order valence-electron chi connectivity index (χ2n) is 4.86. The fourth-order valence-electron chi connectivity index (χ4n) is 2.21. The van der Waals surface area contributed by atoms with E-state index in [2.05, 4.69) is 6.58 Å². The minimum absolute atomic E-state index is 0.252. The number of rotatable bonds is 4. The molecule has 106 valence electrons. The Labute approximate surface area is 117 Å². The maximum Gasteiger partial charge on any atom is 0.223 e. The zero-order chi connectivity index (χ0) is 14.5. The van der Waals surface area contributed by atoms with E-state index in [-0.39, 0.29) is 24.2 Å². The van der Waals surface area contributed by atoms with E-state index < -0.39 is 0 Å². The molecule has 3 nitrogen and oxygen atoms in total. The predicted molar refractivity (Wildman–Crippen MR) is 76.1 cm³/mol. The van der Waals surface area contributed by atoms with Crippen LogP contribution in [0, 0.1) is 11.7 Å². The first-order valence-corrected chi connectivity index (χ1v) is 6.63. The first kappa shape index (κ1) is 14.3. The van der Waals surface area contributed by atoms with Gasteiger partial charge in [-0.25, -0.2) is 4.39 Å². The third kappa shape index (κ3) is 3.26. The average Bonchev–Trinajstić information content (AvgIpc) is 2.67. The van der Waals surface area contributed by atoms with Gasteiger partial charge in [-0.1, -0.05) is 6.08 Å². The summed E-state index contributed by atoms with van der Waals surface area (Å²) in [5.74, 6) is -0.181. The molecule has 0 spiro atoms. The first-order valence-electron chi connectivity index (χ1n) is 6.63. The van der Waals surface area contributed by atoms with Crippen molar-refractivity contribution in [2.24, 2.45) is 11.7 Å². The second-order valence-corrected chi connectivity index (χ2v) is 4.86. The summed E-state index contributed by atoms with van der Waals surface area (Å²) in [5, 5.41) is 0. The molecular formula is C16H18FNO2. The third-order valence-electron chi connectivity index (χ3n) is 3.38. The maximum atomic E-state index is 13.6. The number of nitrogens with two attached hydrogens (primary N) is 1. The molecule has 1 aromatic rings. The Morgan fingerprint density at radius 2 is 2.35 bits per heavy atom. The summed E-state index contributed by atoms with van der Waals surface area (Å²) in [5.41, 5.74) is 6.70. The van der Waals surface area contributed by atoms with E-state index in [0.717, 1.165) is 12.0 Å². The molecule has 1 aromatic carbocycles. The Morgan fingerprint density at radius 3 is 3.05 bits per heavy atom. The third-order valence-corrected chi connectivity index (χ3v) is 3.38. The highest BCUT2D eigenvalue weighted by molar-refractivity contribution is 5.77. The molecule has 2 N–H and O–H groups in total. The van der Waals surface area contributed by atoms with Crippen LogP contribution in [0.3, 0.4) is 0 Å². The van der Waals surface area contributed by atoms with Crippen molar-refractivity contribution in [1.82, 2.24) is 0 Å². The number of allylic oxidation sites excluding steroid dienone is 2. The van der Waals surface area contributed by atoms with Gasteiger partial charge in [0.05, 0.1) is 12.5 Å². The Morgan fingerprint density at radius 1 is 1.55 bits per heavy atom. The predicted octanol–water partition coefficient (Wildman–Crippen LogP) is 2.81. The summed E-state index contributed by atoms with van der Waals surface area (Å²) in [6, 6.07) is 4.86.